The standard InChI is InChI=1S/C20H22OSe/c1-17(21)15-16-20(22-19-12-6-3-7-13-19)14-8-11-18-9-4-2-5-10-18/h2-7,9-10,12-13,17,20-21H,8,11,14H2,1H3. The zero-order valence-corrected chi connectivity index (χ0v) is 14.6. The number of aliphatic hydroxyl groups is 1. The number of benzene rings is 2. The van der Waals surface area contributed by atoms with Crippen molar-refractivity contribution in [2.75, 3.05) is 0 Å². The van der Waals surface area contributed by atoms with Gasteiger partial charge >= 0.3 is 140 Å². The monoisotopic (exact) mass is 358 g/mol. The van der Waals surface area contributed by atoms with Gasteiger partial charge in [0.25, 0.3) is 0 Å². The molecule has 0 aliphatic carbocycles. The van der Waals surface area contributed by atoms with Gasteiger partial charge in [-0.1, -0.05) is 0 Å². The Hall–Kier alpha value is -1.52. The van der Waals surface area contributed by atoms with E-state index in [4.69, 9.17) is 0 Å². The van der Waals surface area contributed by atoms with Crippen LogP contribution in [0.3, 0.4) is 0 Å². The van der Waals surface area contributed by atoms with Gasteiger partial charge in [0.1, 0.15) is 0 Å². The minimum atomic E-state index is -0.539. The summed E-state index contributed by atoms with van der Waals surface area (Å²) in [6, 6.07) is 21.2. The number of aliphatic hydroxyl groups excluding tert-OH is 1. The van der Waals surface area contributed by atoms with E-state index >= 15 is 0 Å². The van der Waals surface area contributed by atoms with E-state index in [1.165, 1.54) is 10.0 Å². The van der Waals surface area contributed by atoms with E-state index in [1.54, 1.807) is 6.92 Å². The van der Waals surface area contributed by atoms with Crippen LogP contribution in [0.5, 0.6) is 0 Å². The average molecular weight is 357 g/mol. The van der Waals surface area contributed by atoms with Crippen molar-refractivity contribution >= 4 is 19.4 Å². The molecule has 0 amide bonds. The Balaban J connectivity index is 1.91. The fourth-order valence-electron chi connectivity index (χ4n) is 2.17. The third-order valence-electron chi connectivity index (χ3n) is 3.25. The molecule has 0 aromatic heterocycles. The molecule has 0 aliphatic heterocycles. The fraction of sp³-hybridized carbons (Fsp3) is 0.300. The molecular formula is C20H22OSe. The minimum absolute atomic E-state index is 0.333. The molecule has 2 aromatic carbocycles. The van der Waals surface area contributed by atoms with Crippen molar-refractivity contribution in [2.24, 2.45) is 0 Å². The fourth-order valence-corrected chi connectivity index (χ4v) is 4.39. The van der Waals surface area contributed by atoms with Crippen molar-refractivity contribution in [2.45, 2.75) is 37.1 Å². The van der Waals surface area contributed by atoms with E-state index in [2.05, 4.69) is 66.4 Å². The molecular weight excluding hydrogens is 335 g/mol. The van der Waals surface area contributed by atoms with Gasteiger partial charge in [0.2, 0.25) is 0 Å². The molecule has 1 nitrogen and oxygen atoms in total. The quantitative estimate of drug-likeness (QED) is 0.622. The van der Waals surface area contributed by atoms with Crippen molar-refractivity contribution in [3.05, 3.63) is 66.2 Å². The van der Waals surface area contributed by atoms with E-state index in [0.717, 1.165) is 19.3 Å². The molecule has 22 heavy (non-hydrogen) atoms. The first-order valence-electron chi connectivity index (χ1n) is 7.69. The summed E-state index contributed by atoms with van der Waals surface area (Å²) in [7, 11) is 0. The first kappa shape index (κ1) is 16.8. The Morgan fingerprint density at radius 1 is 0.955 bits per heavy atom. The third-order valence-corrected chi connectivity index (χ3v) is 5.73. The van der Waals surface area contributed by atoms with Gasteiger partial charge in [0, 0.05) is 0 Å². The van der Waals surface area contributed by atoms with Gasteiger partial charge in [0.05, 0.1) is 0 Å². The normalized spacial score (nSPS) is 13.0. The third kappa shape index (κ3) is 6.50. The van der Waals surface area contributed by atoms with Gasteiger partial charge in [-0.25, -0.2) is 0 Å². The maximum absolute atomic E-state index is 9.40. The summed E-state index contributed by atoms with van der Waals surface area (Å²) >= 11 is 0.333. The number of rotatable bonds is 6. The molecule has 0 radical (unpaired) electrons. The van der Waals surface area contributed by atoms with Gasteiger partial charge in [-0.2, -0.15) is 0 Å². The van der Waals surface area contributed by atoms with Gasteiger partial charge in [0.15, 0.2) is 0 Å². The van der Waals surface area contributed by atoms with E-state index < -0.39 is 6.10 Å². The van der Waals surface area contributed by atoms with Gasteiger partial charge in [-0.15, -0.1) is 0 Å². The Morgan fingerprint density at radius 3 is 2.23 bits per heavy atom. The summed E-state index contributed by atoms with van der Waals surface area (Å²) < 4.78 is 1.37. The second-order valence-corrected chi connectivity index (χ2v) is 7.94. The zero-order valence-electron chi connectivity index (χ0n) is 12.9. The summed E-state index contributed by atoms with van der Waals surface area (Å²) in [6.45, 7) is 1.73. The molecule has 0 bridgehead atoms. The van der Waals surface area contributed by atoms with Gasteiger partial charge < -0.3 is 0 Å². The topological polar surface area (TPSA) is 20.2 Å². The van der Waals surface area contributed by atoms with Crippen LogP contribution >= 0.6 is 0 Å². The van der Waals surface area contributed by atoms with Crippen LogP contribution in [0, 0.1) is 11.8 Å². The molecule has 0 saturated heterocycles. The second-order valence-electron chi connectivity index (χ2n) is 5.26. The van der Waals surface area contributed by atoms with E-state index in [-0.39, 0.29) is 0 Å². The molecule has 0 saturated carbocycles. The number of hydrogen-bond donors (Lipinski definition) is 1. The van der Waals surface area contributed by atoms with Crippen LogP contribution in [0.2, 0.25) is 4.82 Å². The predicted octanol–water partition coefficient (Wildman–Crippen LogP) is 3.21. The van der Waals surface area contributed by atoms with Crippen molar-refractivity contribution in [1.82, 2.24) is 0 Å². The number of aryl methyl sites for hydroxylation is 1. The summed E-state index contributed by atoms with van der Waals surface area (Å²) in [5.74, 6) is 6.22. The summed E-state index contributed by atoms with van der Waals surface area (Å²) in [6.07, 6.45) is 2.78. The van der Waals surface area contributed by atoms with E-state index in [1.807, 2.05) is 6.07 Å². The van der Waals surface area contributed by atoms with Crippen LogP contribution < -0.4 is 4.46 Å². The molecule has 0 aliphatic rings. The molecule has 1 N–H and O–H groups in total. The summed E-state index contributed by atoms with van der Waals surface area (Å²) in [5, 5.41) is 9.40. The van der Waals surface area contributed by atoms with Crippen molar-refractivity contribution in [3.8, 4) is 11.8 Å². The molecule has 0 spiro atoms. The van der Waals surface area contributed by atoms with Crippen LogP contribution in [0.25, 0.3) is 0 Å². The first-order valence-corrected chi connectivity index (χ1v) is 9.53. The van der Waals surface area contributed by atoms with Crippen LogP contribution in [-0.2, 0) is 6.42 Å². The van der Waals surface area contributed by atoms with Crippen molar-refractivity contribution < 1.29 is 5.11 Å². The molecule has 2 unspecified atom stereocenters. The van der Waals surface area contributed by atoms with Crippen LogP contribution in [0.15, 0.2) is 60.7 Å². The van der Waals surface area contributed by atoms with Crippen molar-refractivity contribution in [3.63, 3.8) is 0 Å². The Kier molecular flexibility index (Phi) is 7.26. The Morgan fingerprint density at radius 2 is 1.59 bits per heavy atom. The average Bonchev–Trinajstić information content (AvgIpc) is 2.54. The molecule has 2 aromatic rings. The Bertz CT molecular complexity index is 596. The van der Waals surface area contributed by atoms with Gasteiger partial charge in [-0.05, 0) is 0 Å². The molecule has 0 heterocycles. The molecule has 114 valence electrons. The number of hydrogen-bond acceptors (Lipinski definition) is 1. The van der Waals surface area contributed by atoms with E-state index in [9.17, 15) is 5.11 Å². The van der Waals surface area contributed by atoms with Crippen LogP contribution in [-0.4, -0.2) is 26.2 Å². The molecule has 2 atom stereocenters. The Labute approximate surface area is 139 Å². The zero-order chi connectivity index (χ0) is 15.6. The van der Waals surface area contributed by atoms with Crippen molar-refractivity contribution in [1.29, 1.82) is 0 Å². The molecule has 2 rings (SSSR count). The first-order chi connectivity index (χ1) is 10.7. The predicted molar refractivity (Wildman–Crippen MR) is 94.4 cm³/mol. The molecule has 0 fully saturated rings. The van der Waals surface area contributed by atoms with Crippen LogP contribution in [0.4, 0.5) is 0 Å². The summed E-state index contributed by atoms with van der Waals surface area (Å²) in [5.41, 5.74) is 1.39. The molecule has 2 heteroatoms. The van der Waals surface area contributed by atoms with Crippen LogP contribution in [0.1, 0.15) is 25.3 Å². The SMILES string of the molecule is CC(O)C#CC(CCCc1ccccc1)[Se]c1ccccc1. The maximum atomic E-state index is 9.40. The van der Waals surface area contributed by atoms with E-state index in [0.29, 0.717) is 19.8 Å². The van der Waals surface area contributed by atoms with Gasteiger partial charge in [-0.3, -0.25) is 0 Å². The second kappa shape index (κ2) is 9.49. The summed E-state index contributed by atoms with van der Waals surface area (Å²) in [4.78, 5) is 0.369.